The largest absolute Gasteiger partial charge is 0.492 e. The van der Waals surface area contributed by atoms with E-state index in [1.165, 1.54) is 18.3 Å². The third-order valence-corrected chi connectivity index (χ3v) is 5.74. The molecule has 1 N–H and O–H groups in total. The molecule has 1 heterocycles. The van der Waals surface area contributed by atoms with E-state index in [9.17, 15) is 4.79 Å². The van der Waals surface area contributed by atoms with Gasteiger partial charge in [-0.05, 0) is 37.3 Å². The molecule has 0 saturated carbocycles. The van der Waals surface area contributed by atoms with Crippen LogP contribution in [0.4, 0.5) is 10.8 Å². The summed E-state index contributed by atoms with van der Waals surface area (Å²) >= 11 is 6.51. The van der Waals surface area contributed by atoms with Crippen LogP contribution >= 0.6 is 39.0 Å². The second kappa shape index (κ2) is 9.16. The van der Waals surface area contributed by atoms with Crippen molar-refractivity contribution in [1.29, 1.82) is 0 Å². The smallest absolute Gasteiger partial charge is 0.210 e. The van der Waals surface area contributed by atoms with Gasteiger partial charge in [0.05, 0.1) is 12.2 Å². The van der Waals surface area contributed by atoms with Crippen molar-refractivity contribution in [2.45, 2.75) is 11.3 Å². The molecule has 0 fully saturated rings. The number of rotatable bonds is 8. The number of ether oxygens (including phenoxy) is 1. The molecule has 0 bridgehead atoms. The molecule has 0 amide bonds. The Morgan fingerprint density at radius 3 is 2.88 bits per heavy atom. The average molecular weight is 450 g/mol. The lowest BCUT2D eigenvalue weighted by Crippen LogP contribution is -2.04. The monoisotopic (exact) mass is 449 g/mol. The predicted octanol–water partition coefficient (Wildman–Crippen LogP) is 5.42. The van der Waals surface area contributed by atoms with E-state index in [2.05, 4.69) is 31.4 Å². The van der Waals surface area contributed by atoms with E-state index in [0.717, 1.165) is 25.4 Å². The minimum absolute atomic E-state index is 0.000594. The lowest BCUT2D eigenvalue weighted by Gasteiger charge is -2.08. The normalized spacial score (nSPS) is 10.5. The number of para-hydroxylation sites is 1. The highest BCUT2D eigenvalue weighted by Crippen LogP contribution is 2.28. The van der Waals surface area contributed by atoms with Gasteiger partial charge >= 0.3 is 0 Å². The molecule has 134 valence electrons. The van der Waals surface area contributed by atoms with Crippen LogP contribution in [-0.2, 0) is 0 Å². The molecule has 0 aliphatic rings. The van der Waals surface area contributed by atoms with Crippen molar-refractivity contribution in [1.82, 2.24) is 10.2 Å². The van der Waals surface area contributed by atoms with Crippen molar-refractivity contribution in [3.8, 4) is 5.75 Å². The highest BCUT2D eigenvalue weighted by atomic mass is 79.9. The Kier molecular flexibility index (Phi) is 6.65. The number of nitrogens with one attached hydrogen (secondary N) is 1. The quantitative estimate of drug-likeness (QED) is 0.281. The highest BCUT2D eigenvalue weighted by Gasteiger charge is 2.08. The van der Waals surface area contributed by atoms with Crippen LogP contribution in [0.3, 0.4) is 0 Å². The number of halogens is 1. The maximum Gasteiger partial charge on any atom is 0.210 e. The predicted molar refractivity (Wildman–Crippen MR) is 110 cm³/mol. The summed E-state index contributed by atoms with van der Waals surface area (Å²) in [6.07, 6.45) is 0. The zero-order valence-corrected chi connectivity index (χ0v) is 17.2. The molecular weight excluding hydrogens is 434 g/mol. The second-order valence-corrected chi connectivity index (χ2v) is 8.49. The van der Waals surface area contributed by atoms with E-state index in [1.807, 2.05) is 42.5 Å². The van der Waals surface area contributed by atoms with Gasteiger partial charge in [-0.3, -0.25) is 4.79 Å². The Bertz CT molecular complexity index is 901. The van der Waals surface area contributed by atoms with Crippen LogP contribution < -0.4 is 10.1 Å². The Hall–Kier alpha value is -1.90. The van der Waals surface area contributed by atoms with E-state index in [4.69, 9.17) is 4.74 Å². The Morgan fingerprint density at radius 2 is 2.08 bits per heavy atom. The van der Waals surface area contributed by atoms with Crippen molar-refractivity contribution in [2.24, 2.45) is 0 Å². The van der Waals surface area contributed by atoms with Crippen molar-refractivity contribution >= 4 is 55.6 Å². The summed E-state index contributed by atoms with van der Waals surface area (Å²) in [6, 6.07) is 15.2. The number of carbonyl (C=O) groups is 1. The lowest BCUT2D eigenvalue weighted by atomic mass is 10.1. The summed E-state index contributed by atoms with van der Waals surface area (Å²) in [7, 11) is 0. The molecule has 0 radical (unpaired) electrons. The van der Waals surface area contributed by atoms with Gasteiger partial charge in [0.1, 0.15) is 5.75 Å². The second-order valence-electron chi connectivity index (χ2n) is 5.26. The molecule has 0 aliphatic carbocycles. The standard InChI is InChI=1S/C18H16BrN3O2S2/c1-12(23)15-7-2-3-8-16(15)24-9-10-25-18-22-21-17(26-18)20-14-6-4-5-13(19)11-14/h2-8,11H,9-10H2,1H3,(H,20,21). The van der Waals surface area contributed by atoms with Crippen LogP contribution in [0.5, 0.6) is 5.75 Å². The van der Waals surface area contributed by atoms with E-state index < -0.39 is 0 Å². The molecule has 5 nitrogen and oxygen atoms in total. The number of carbonyl (C=O) groups excluding carboxylic acids is 1. The third kappa shape index (κ3) is 5.30. The summed E-state index contributed by atoms with van der Waals surface area (Å²) in [6.45, 7) is 2.03. The van der Waals surface area contributed by atoms with Crippen LogP contribution in [0.15, 0.2) is 57.3 Å². The highest BCUT2D eigenvalue weighted by molar-refractivity contribution is 9.10. The SMILES string of the molecule is CC(=O)c1ccccc1OCCSc1nnc(Nc2cccc(Br)c2)s1. The van der Waals surface area contributed by atoms with E-state index in [0.29, 0.717) is 17.9 Å². The molecule has 0 saturated heterocycles. The zero-order chi connectivity index (χ0) is 18.4. The number of thioether (sulfide) groups is 1. The summed E-state index contributed by atoms with van der Waals surface area (Å²) in [5.74, 6) is 1.34. The minimum atomic E-state index is 0.000594. The van der Waals surface area contributed by atoms with Gasteiger partial charge in [-0.1, -0.05) is 57.2 Å². The fourth-order valence-electron chi connectivity index (χ4n) is 2.17. The van der Waals surface area contributed by atoms with Crippen LogP contribution in [0, 0.1) is 0 Å². The molecule has 0 spiro atoms. The number of anilines is 2. The average Bonchev–Trinajstić information content (AvgIpc) is 3.06. The Morgan fingerprint density at radius 1 is 1.23 bits per heavy atom. The van der Waals surface area contributed by atoms with Crippen LogP contribution in [0.25, 0.3) is 0 Å². The van der Waals surface area contributed by atoms with Crippen molar-refractivity contribution < 1.29 is 9.53 Å². The van der Waals surface area contributed by atoms with E-state index >= 15 is 0 Å². The number of hydrogen-bond acceptors (Lipinski definition) is 7. The van der Waals surface area contributed by atoms with Crippen molar-refractivity contribution in [3.05, 3.63) is 58.6 Å². The maximum atomic E-state index is 11.6. The first-order chi connectivity index (χ1) is 12.6. The first-order valence-electron chi connectivity index (χ1n) is 7.83. The topological polar surface area (TPSA) is 64.1 Å². The minimum Gasteiger partial charge on any atom is -0.492 e. The summed E-state index contributed by atoms with van der Waals surface area (Å²) in [4.78, 5) is 11.6. The molecule has 3 aromatic rings. The molecule has 3 rings (SSSR count). The number of hydrogen-bond donors (Lipinski definition) is 1. The Labute approximate surface area is 168 Å². The summed E-state index contributed by atoms with van der Waals surface area (Å²) in [5, 5.41) is 12.3. The fraction of sp³-hybridized carbons (Fsp3) is 0.167. The van der Waals surface area contributed by atoms with Crippen molar-refractivity contribution in [3.63, 3.8) is 0 Å². The van der Waals surface area contributed by atoms with Gasteiger partial charge in [0.25, 0.3) is 0 Å². The van der Waals surface area contributed by atoms with E-state index in [1.54, 1.807) is 17.8 Å². The number of Topliss-reactive ketones (excluding diaryl/α,β-unsaturated/α-hetero) is 1. The van der Waals surface area contributed by atoms with Crippen molar-refractivity contribution in [2.75, 3.05) is 17.7 Å². The molecule has 0 unspecified atom stereocenters. The molecule has 26 heavy (non-hydrogen) atoms. The van der Waals surface area contributed by atoms with E-state index in [-0.39, 0.29) is 5.78 Å². The van der Waals surface area contributed by atoms with Crippen LogP contribution in [-0.4, -0.2) is 28.3 Å². The molecule has 2 aromatic carbocycles. The summed E-state index contributed by atoms with van der Waals surface area (Å²) < 4.78 is 7.60. The van der Waals surface area contributed by atoms with Gasteiger partial charge in [-0.2, -0.15) is 0 Å². The fourth-order valence-corrected chi connectivity index (χ4v) is 4.23. The number of nitrogens with zero attached hydrogens (tertiary/aromatic N) is 2. The van der Waals surface area contributed by atoms with Gasteiger partial charge in [-0.15, -0.1) is 10.2 Å². The van der Waals surface area contributed by atoms with Gasteiger partial charge in [0, 0.05) is 15.9 Å². The van der Waals surface area contributed by atoms with Gasteiger partial charge in [0.15, 0.2) is 10.1 Å². The van der Waals surface area contributed by atoms with Gasteiger partial charge in [-0.25, -0.2) is 0 Å². The molecule has 0 aliphatic heterocycles. The number of ketones is 1. The maximum absolute atomic E-state index is 11.6. The van der Waals surface area contributed by atoms with Crippen LogP contribution in [0.2, 0.25) is 0 Å². The first kappa shape index (κ1) is 18.9. The molecule has 0 atom stereocenters. The van der Waals surface area contributed by atoms with Gasteiger partial charge in [0.2, 0.25) is 5.13 Å². The van der Waals surface area contributed by atoms with Gasteiger partial charge < -0.3 is 10.1 Å². The third-order valence-electron chi connectivity index (χ3n) is 3.32. The van der Waals surface area contributed by atoms with Crippen LogP contribution in [0.1, 0.15) is 17.3 Å². The molecule has 8 heteroatoms. The number of benzene rings is 2. The summed E-state index contributed by atoms with van der Waals surface area (Å²) in [5.41, 5.74) is 1.56. The first-order valence-corrected chi connectivity index (χ1v) is 10.4. The zero-order valence-electron chi connectivity index (χ0n) is 13.9. The lowest BCUT2D eigenvalue weighted by molar-refractivity contribution is 0.101. The molecular formula is C18H16BrN3O2S2. The Balaban J connectivity index is 1.49. The molecule has 1 aromatic heterocycles. The number of aromatic nitrogens is 2.